The second-order valence-electron chi connectivity index (χ2n) is 6.09. The number of non-ortho nitro benzene ring substituents is 1. The van der Waals surface area contributed by atoms with Crippen LogP contribution in [0.2, 0.25) is 0 Å². The topological polar surface area (TPSA) is 132 Å². The Labute approximate surface area is 154 Å². The molecule has 1 heterocycles. The fourth-order valence-corrected chi connectivity index (χ4v) is 5.93. The minimum absolute atomic E-state index is 0.176. The van der Waals surface area contributed by atoms with E-state index in [1.165, 1.54) is 23.5 Å². The van der Waals surface area contributed by atoms with Gasteiger partial charge in [-0.3, -0.25) is 19.6 Å². The number of amides is 1. The molecule has 0 bridgehead atoms. The first-order valence-electron chi connectivity index (χ1n) is 7.93. The number of nitro groups is 1. The van der Waals surface area contributed by atoms with Crippen molar-refractivity contribution >= 4 is 38.0 Å². The van der Waals surface area contributed by atoms with Crippen molar-refractivity contribution in [1.82, 2.24) is 0 Å². The Hall–Kier alpha value is -2.46. The van der Waals surface area contributed by atoms with Gasteiger partial charge in [-0.15, -0.1) is 11.3 Å². The highest BCUT2D eigenvalue weighted by Crippen LogP contribution is 2.39. The number of sulfonamides is 1. The van der Waals surface area contributed by atoms with Gasteiger partial charge in [-0.2, -0.15) is 0 Å². The molecule has 0 atom stereocenters. The summed E-state index contributed by atoms with van der Waals surface area (Å²) in [7, 11) is -4.11. The lowest BCUT2D eigenvalue weighted by Crippen LogP contribution is -2.19. The Morgan fingerprint density at radius 1 is 1.31 bits per heavy atom. The van der Waals surface area contributed by atoms with E-state index in [1.807, 2.05) is 0 Å². The van der Waals surface area contributed by atoms with Crippen molar-refractivity contribution in [3.63, 3.8) is 0 Å². The molecule has 10 heteroatoms. The molecule has 1 aromatic carbocycles. The van der Waals surface area contributed by atoms with Gasteiger partial charge in [-0.25, -0.2) is 8.42 Å². The predicted octanol–water partition coefficient (Wildman–Crippen LogP) is 2.74. The van der Waals surface area contributed by atoms with Crippen molar-refractivity contribution < 1.29 is 18.1 Å². The standard InChI is InChI=1S/C16H17N3O5S2/c1-9-6-7-10(19(21)22)8-13(9)26(23,24)18-16-14(15(17)20)11-4-2-3-5-12(11)25-16/h6-8,18H,2-5H2,1H3,(H2,17,20). The van der Waals surface area contributed by atoms with Gasteiger partial charge in [0, 0.05) is 17.0 Å². The van der Waals surface area contributed by atoms with E-state index in [0.717, 1.165) is 35.8 Å². The lowest BCUT2D eigenvalue weighted by molar-refractivity contribution is -0.385. The minimum atomic E-state index is -4.11. The summed E-state index contributed by atoms with van der Waals surface area (Å²) in [6, 6.07) is 3.63. The Morgan fingerprint density at radius 3 is 2.65 bits per heavy atom. The number of carbonyl (C=O) groups is 1. The summed E-state index contributed by atoms with van der Waals surface area (Å²) < 4.78 is 28.0. The number of nitrogens with two attached hydrogens (primary N) is 1. The molecule has 1 aliphatic rings. The number of hydrogen-bond acceptors (Lipinski definition) is 6. The molecule has 0 aliphatic heterocycles. The molecular formula is C16H17N3O5S2. The molecule has 1 aromatic heterocycles. The van der Waals surface area contributed by atoms with Crippen molar-refractivity contribution in [2.45, 2.75) is 37.5 Å². The lowest BCUT2D eigenvalue weighted by Gasteiger charge is -2.12. The average Bonchev–Trinajstić information content (AvgIpc) is 2.91. The van der Waals surface area contributed by atoms with Crippen LogP contribution in [0, 0.1) is 17.0 Å². The number of nitrogens with zero attached hydrogens (tertiary/aromatic N) is 1. The quantitative estimate of drug-likeness (QED) is 0.593. The Morgan fingerprint density at radius 2 is 2.00 bits per heavy atom. The molecule has 0 fully saturated rings. The second-order valence-corrected chi connectivity index (χ2v) is 8.85. The van der Waals surface area contributed by atoms with Crippen LogP contribution in [-0.2, 0) is 22.9 Å². The van der Waals surface area contributed by atoms with Crippen molar-refractivity contribution in [2.24, 2.45) is 5.73 Å². The highest BCUT2D eigenvalue weighted by atomic mass is 32.2. The fraction of sp³-hybridized carbons (Fsp3) is 0.312. The van der Waals surface area contributed by atoms with E-state index in [1.54, 1.807) is 6.92 Å². The highest BCUT2D eigenvalue weighted by Gasteiger charge is 2.28. The lowest BCUT2D eigenvalue weighted by atomic mass is 9.95. The summed E-state index contributed by atoms with van der Waals surface area (Å²) in [6.45, 7) is 1.55. The summed E-state index contributed by atoms with van der Waals surface area (Å²) in [5.74, 6) is -0.683. The number of carbonyl (C=O) groups excluding carboxylic acids is 1. The second kappa shape index (κ2) is 6.69. The molecule has 138 valence electrons. The Bertz CT molecular complexity index is 1010. The van der Waals surface area contributed by atoms with E-state index in [0.29, 0.717) is 12.0 Å². The van der Waals surface area contributed by atoms with Crippen LogP contribution in [0.3, 0.4) is 0 Å². The van der Waals surface area contributed by atoms with Crippen LogP contribution >= 0.6 is 11.3 Å². The summed E-state index contributed by atoms with van der Waals surface area (Å²) >= 11 is 1.20. The van der Waals surface area contributed by atoms with Gasteiger partial charge in [-0.05, 0) is 43.7 Å². The number of fused-ring (bicyclic) bond motifs is 1. The van der Waals surface area contributed by atoms with E-state index in [9.17, 15) is 23.3 Å². The summed E-state index contributed by atoms with van der Waals surface area (Å²) in [4.78, 5) is 23.0. The first-order chi connectivity index (χ1) is 12.2. The number of thiophene rings is 1. The first kappa shape index (κ1) is 18.3. The van der Waals surface area contributed by atoms with E-state index in [-0.39, 0.29) is 21.1 Å². The zero-order valence-electron chi connectivity index (χ0n) is 13.9. The number of hydrogen-bond donors (Lipinski definition) is 2. The highest BCUT2D eigenvalue weighted by molar-refractivity contribution is 7.93. The molecule has 0 saturated carbocycles. The number of rotatable bonds is 5. The largest absolute Gasteiger partial charge is 0.365 e. The Balaban J connectivity index is 2.06. The summed E-state index contributed by atoms with van der Waals surface area (Å²) in [5.41, 5.74) is 6.53. The maximum absolute atomic E-state index is 12.8. The average molecular weight is 395 g/mol. The molecule has 26 heavy (non-hydrogen) atoms. The van der Waals surface area contributed by atoms with Gasteiger partial charge >= 0.3 is 0 Å². The smallest absolute Gasteiger partial charge is 0.270 e. The van der Waals surface area contributed by atoms with Gasteiger partial charge in [0.05, 0.1) is 15.4 Å². The third-order valence-corrected chi connectivity index (χ3v) is 7.14. The summed E-state index contributed by atoms with van der Waals surface area (Å²) in [5, 5.41) is 11.1. The zero-order chi connectivity index (χ0) is 19.1. The molecule has 0 spiro atoms. The molecule has 1 amide bonds. The molecular weight excluding hydrogens is 378 g/mol. The van der Waals surface area contributed by atoms with Gasteiger partial charge in [-0.1, -0.05) is 6.07 Å². The molecule has 3 rings (SSSR count). The van der Waals surface area contributed by atoms with Crippen LogP contribution in [0.15, 0.2) is 23.1 Å². The number of anilines is 1. The van der Waals surface area contributed by atoms with E-state index in [4.69, 9.17) is 5.73 Å². The van der Waals surface area contributed by atoms with Crippen LogP contribution in [-0.4, -0.2) is 19.2 Å². The maximum atomic E-state index is 12.8. The molecule has 3 N–H and O–H groups in total. The molecule has 0 radical (unpaired) electrons. The van der Waals surface area contributed by atoms with E-state index < -0.39 is 20.9 Å². The molecule has 0 saturated heterocycles. The third kappa shape index (κ3) is 3.29. The third-order valence-electron chi connectivity index (χ3n) is 4.32. The normalized spacial score (nSPS) is 13.9. The van der Waals surface area contributed by atoms with Crippen LogP contribution in [0.25, 0.3) is 0 Å². The minimum Gasteiger partial charge on any atom is -0.365 e. The first-order valence-corrected chi connectivity index (χ1v) is 10.2. The van der Waals surface area contributed by atoms with Crippen molar-refractivity contribution in [3.05, 3.63) is 49.9 Å². The molecule has 2 aromatic rings. The number of nitro benzene ring substituents is 1. The van der Waals surface area contributed by atoms with Crippen LogP contribution in [0.1, 0.15) is 39.2 Å². The van der Waals surface area contributed by atoms with Gasteiger partial charge in [0.25, 0.3) is 21.6 Å². The van der Waals surface area contributed by atoms with Gasteiger partial charge in [0.1, 0.15) is 5.00 Å². The van der Waals surface area contributed by atoms with Crippen molar-refractivity contribution in [1.29, 1.82) is 0 Å². The fourth-order valence-electron chi connectivity index (χ4n) is 3.07. The number of primary amides is 1. The van der Waals surface area contributed by atoms with Gasteiger partial charge < -0.3 is 5.73 Å². The maximum Gasteiger partial charge on any atom is 0.270 e. The zero-order valence-corrected chi connectivity index (χ0v) is 15.6. The monoisotopic (exact) mass is 395 g/mol. The Kier molecular flexibility index (Phi) is 4.72. The number of aryl methyl sites for hydroxylation is 2. The van der Waals surface area contributed by atoms with Crippen LogP contribution in [0.5, 0.6) is 0 Å². The van der Waals surface area contributed by atoms with Crippen LogP contribution < -0.4 is 10.5 Å². The van der Waals surface area contributed by atoms with Crippen molar-refractivity contribution in [3.8, 4) is 0 Å². The predicted molar refractivity (Wildman–Crippen MR) is 98.1 cm³/mol. The number of benzene rings is 1. The van der Waals surface area contributed by atoms with Crippen molar-refractivity contribution in [2.75, 3.05) is 4.72 Å². The van der Waals surface area contributed by atoms with E-state index in [2.05, 4.69) is 4.72 Å². The van der Waals surface area contributed by atoms with Gasteiger partial charge in [0.15, 0.2) is 0 Å². The molecule has 0 unspecified atom stereocenters. The van der Waals surface area contributed by atoms with E-state index >= 15 is 0 Å². The van der Waals surface area contributed by atoms with Crippen LogP contribution in [0.4, 0.5) is 10.7 Å². The number of nitrogens with one attached hydrogen (secondary N) is 1. The molecule has 8 nitrogen and oxygen atoms in total. The molecule has 1 aliphatic carbocycles. The van der Waals surface area contributed by atoms with Gasteiger partial charge in [0.2, 0.25) is 0 Å². The SMILES string of the molecule is Cc1ccc([N+](=O)[O-])cc1S(=O)(=O)Nc1sc2c(c1C(N)=O)CCCC2. The summed E-state index contributed by atoms with van der Waals surface area (Å²) in [6.07, 6.45) is 3.35.